The zero-order valence-electron chi connectivity index (χ0n) is 13.6. The summed E-state index contributed by atoms with van der Waals surface area (Å²) in [4.78, 5) is 11.1. The lowest BCUT2D eigenvalue weighted by Crippen LogP contribution is -2.36. The van der Waals surface area contributed by atoms with Crippen molar-refractivity contribution in [2.75, 3.05) is 11.9 Å². The van der Waals surface area contributed by atoms with Gasteiger partial charge in [0.1, 0.15) is 0 Å². The van der Waals surface area contributed by atoms with Crippen molar-refractivity contribution in [1.82, 2.24) is 0 Å². The van der Waals surface area contributed by atoms with E-state index in [0.717, 1.165) is 36.3 Å². The molecule has 0 spiro atoms. The van der Waals surface area contributed by atoms with Gasteiger partial charge in [0.2, 0.25) is 0 Å². The third-order valence-corrected chi connectivity index (χ3v) is 5.11. The fourth-order valence-electron chi connectivity index (χ4n) is 3.90. The number of ether oxygens (including phenoxy) is 1. The van der Waals surface area contributed by atoms with Gasteiger partial charge in [0.15, 0.2) is 0 Å². The lowest BCUT2D eigenvalue weighted by molar-refractivity contribution is -0.0381. The molecule has 0 bridgehead atoms. The predicted molar refractivity (Wildman–Crippen MR) is 92.3 cm³/mol. The van der Waals surface area contributed by atoms with Gasteiger partial charge in [-0.1, -0.05) is 12.1 Å². The topological polar surface area (TPSA) is 82.3 Å². The molecule has 25 heavy (non-hydrogen) atoms. The highest BCUT2D eigenvalue weighted by Gasteiger charge is 2.39. The summed E-state index contributed by atoms with van der Waals surface area (Å²) in [6.07, 6.45) is 1.99. The van der Waals surface area contributed by atoms with Gasteiger partial charge in [0.25, 0.3) is 0 Å². The van der Waals surface area contributed by atoms with Gasteiger partial charge >= 0.3 is 5.97 Å². The standard InChI is InChI=1S/C20H18N2O3/c21-11-12-3-8-17-16(10-12)19-15(2-1-9-25-19)18(22-17)13-4-6-14(7-5-13)20(23)24/h3-8,10,15,18-19,22H,1-2,9H2,(H,23,24)/t15-,18-,19-/m0/s1. The molecule has 4 rings (SSSR count). The van der Waals surface area contributed by atoms with Crippen molar-refractivity contribution >= 4 is 11.7 Å². The average molecular weight is 334 g/mol. The molecule has 0 radical (unpaired) electrons. The maximum Gasteiger partial charge on any atom is 0.335 e. The molecule has 2 aromatic rings. The Kier molecular flexibility index (Phi) is 3.90. The van der Waals surface area contributed by atoms with E-state index in [4.69, 9.17) is 9.84 Å². The number of fused-ring (bicyclic) bond motifs is 3. The van der Waals surface area contributed by atoms with Crippen LogP contribution in [0.4, 0.5) is 5.69 Å². The van der Waals surface area contributed by atoms with Crippen molar-refractivity contribution in [3.05, 3.63) is 64.7 Å². The molecule has 1 saturated heterocycles. The van der Waals surface area contributed by atoms with Crippen molar-refractivity contribution in [2.45, 2.75) is 25.0 Å². The number of nitrogens with one attached hydrogen (secondary N) is 1. The van der Waals surface area contributed by atoms with Gasteiger partial charge in [-0.05, 0) is 48.7 Å². The normalized spacial score (nSPS) is 24.4. The predicted octanol–water partition coefficient (Wildman–Crippen LogP) is 3.89. The monoisotopic (exact) mass is 334 g/mol. The lowest BCUT2D eigenvalue weighted by atomic mass is 9.77. The first-order chi connectivity index (χ1) is 12.2. The van der Waals surface area contributed by atoms with Crippen molar-refractivity contribution in [3.63, 3.8) is 0 Å². The average Bonchev–Trinajstić information content (AvgIpc) is 2.67. The highest BCUT2D eigenvalue weighted by atomic mass is 16.5. The molecule has 0 amide bonds. The summed E-state index contributed by atoms with van der Waals surface area (Å²) in [6.45, 7) is 0.724. The van der Waals surface area contributed by atoms with Crippen LogP contribution in [0, 0.1) is 17.2 Å². The van der Waals surface area contributed by atoms with Crippen molar-refractivity contribution in [1.29, 1.82) is 5.26 Å². The first-order valence-electron chi connectivity index (χ1n) is 8.43. The van der Waals surface area contributed by atoms with E-state index in [9.17, 15) is 10.1 Å². The number of aromatic carboxylic acids is 1. The number of nitriles is 1. The van der Waals surface area contributed by atoms with Crippen LogP contribution in [0.25, 0.3) is 0 Å². The van der Waals surface area contributed by atoms with Crippen LogP contribution in [0.2, 0.25) is 0 Å². The second kappa shape index (κ2) is 6.23. The zero-order valence-corrected chi connectivity index (χ0v) is 13.6. The molecule has 1 fully saturated rings. The summed E-state index contributed by atoms with van der Waals surface area (Å²) in [6, 6.07) is 14.9. The molecule has 126 valence electrons. The van der Waals surface area contributed by atoms with E-state index >= 15 is 0 Å². The van der Waals surface area contributed by atoms with E-state index in [-0.39, 0.29) is 23.6 Å². The van der Waals surface area contributed by atoms with Crippen LogP contribution in [0.1, 0.15) is 52.0 Å². The zero-order chi connectivity index (χ0) is 17.4. The summed E-state index contributed by atoms with van der Waals surface area (Å²) in [5, 5.41) is 21.8. The summed E-state index contributed by atoms with van der Waals surface area (Å²) in [5.74, 6) is -0.665. The van der Waals surface area contributed by atoms with Crippen LogP contribution in [0.15, 0.2) is 42.5 Å². The number of hydrogen-bond acceptors (Lipinski definition) is 4. The quantitative estimate of drug-likeness (QED) is 0.870. The molecular formula is C20H18N2O3. The number of carboxylic acid groups (broad SMARTS) is 1. The number of carbonyl (C=O) groups is 1. The first kappa shape index (κ1) is 15.7. The Hall–Kier alpha value is -2.84. The largest absolute Gasteiger partial charge is 0.478 e. The fourth-order valence-corrected chi connectivity index (χ4v) is 3.90. The maximum atomic E-state index is 11.1. The second-order valence-corrected chi connectivity index (χ2v) is 6.56. The Balaban J connectivity index is 1.73. The van der Waals surface area contributed by atoms with Gasteiger partial charge in [-0.3, -0.25) is 0 Å². The highest BCUT2D eigenvalue weighted by molar-refractivity contribution is 5.87. The summed E-state index contributed by atoms with van der Waals surface area (Å²) < 4.78 is 6.08. The van der Waals surface area contributed by atoms with Crippen LogP contribution in [0.5, 0.6) is 0 Å². The van der Waals surface area contributed by atoms with Gasteiger partial charge in [-0.25, -0.2) is 4.79 Å². The number of rotatable bonds is 2. The minimum absolute atomic E-state index is 0.0394. The number of anilines is 1. The van der Waals surface area contributed by atoms with Crippen LogP contribution in [-0.4, -0.2) is 17.7 Å². The van der Waals surface area contributed by atoms with Crippen LogP contribution in [-0.2, 0) is 4.74 Å². The minimum Gasteiger partial charge on any atom is -0.478 e. The van der Waals surface area contributed by atoms with Gasteiger partial charge in [0, 0.05) is 23.8 Å². The minimum atomic E-state index is -0.920. The molecular weight excluding hydrogens is 316 g/mol. The Morgan fingerprint density at radius 1 is 1.24 bits per heavy atom. The molecule has 0 unspecified atom stereocenters. The molecule has 0 aromatic heterocycles. The summed E-state index contributed by atoms with van der Waals surface area (Å²) in [5.41, 5.74) is 4.00. The molecule has 2 aromatic carbocycles. The summed E-state index contributed by atoms with van der Waals surface area (Å²) in [7, 11) is 0. The van der Waals surface area contributed by atoms with E-state index in [1.165, 1.54) is 0 Å². The van der Waals surface area contributed by atoms with E-state index < -0.39 is 5.97 Å². The molecule has 0 saturated carbocycles. The molecule has 2 heterocycles. The van der Waals surface area contributed by atoms with Gasteiger partial charge < -0.3 is 15.2 Å². The van der Waals surface area contributed by atoms with E-state index in [2.05, 4.69) is 11.4 Å². The number of carboxylic acids is 1. The van der Waals surface area contributed by atoms with Crippen molar-refractivity contribution in [3.8, 4) is 6.07 Å². The molecule has 2 N–H and O–H groups in total. The number of hydrogen-bond donors (Lipinski definition) is 2. The summed E-state index contributed by atoms with van der Waals surface area (Å²) >= 11 is 0. The van der Waals surface area contributed by atoms with Gasteiger partial charge in [0.05, 0.1) is 29.3 Å². The molecule has 5 heteroatoms. The number of benzene rings is 2. The van der Waals surface area contributed by atoms with Crippen molar-refractivity contribution < 1.29 is 14.6 Å². The molecule has 5 nitrogen and oxygen atoms in total. The number of nitrogens with zero attached hydrogens (tertiary/aromatic N) is 1. The lowest BCUT2D eigenvalue weighted by Gasteiger charge is -2.43. The van der Waals surface area contributed by atoms with E-state index in [1.54, 1.807) is 18.2 Å². The maximum absolute atomic E-state index is 11.1. The van der Waals surface area contributed by atoms with Crippen LogP contribution >= 0.6 is 0 Å². The Bertz CT molecular complexity index is 854. The third kappa shape index (κ3) is 2.75. The van der Waals surface area contributed by atoms with Crippen molar-refractivity contribution in [2.24, 2.45) is 5.92 Å². The highest BCUT2D eigenvalue weighted by Crippen LogP contribution is 2.49. The molecule has 2 aliphatic heterocycles. The molecule has 2 aliphatic rings. The first-order valence-corrected chi connectivity index (χ1v) is 8.43. The third-order valence-electron chi connectivity index (χ3n) is 5.11. The Morgan fingerprint density at radius 3 is 2.76 bits per heavy atom. The smallest absolute Gasteiger partial charge is 0.335 e. The van der Waals surface area contributed by atoms with Crippen LogP contribution < -0.4 is 5.32 Å². The SMILES string of the molecule is N#Cc1ccc2c(c1)[C@H]1OCCC[C@H]1[C@H](c1ccc(C(=O)O)cc1)N2. The fraction of sp³-hybridized carbons (Fsp3) is 0.300. The Labute approximate surface area is 145 Å². The van der Waals surface area contributed by atoms with Gasteiger partial charge in [-0.15, -0.1) is 0 Å². The molecule has 3 atom stereocenters. The second-order valence-electron chi connectivity index (χ2n) is 6.56. The molecule has 0 aliphatic carbocycles. The van der Waals surface area contributed by atoms with E-state index in [1.807, 2.05) is 24.3 Å². The Morgan fingerprint density at radius 2 is 2.04 bits per heavy atom. The van der Waals surface area contributed by atoms with Gasteiger partial charge in [-0.2, -0.15) is 5.26 Å². The van der Waals surface area contributed by atoms with E-state index in [0.29, 0.717) is 5.56 Å². The van der Waals surface area contributed by atoms with Crippen LogP contribution in [0.3, 0.4) is 0 Å².